The van der Waals surface area contributed by atoms with E-state index >= 15 is 0 Å². The SMILES string of the molecule is Cc1cc(C(=O)N(C)C)ncc1C(c1c(F)ccc(F)c1F)S(=O)(=O)c1ccc(F)cc1.Cc1cc(C(=O)N(C)C)ncc1C(c1c(F)ccc(F)c1F)S(=O)c1ccc(F)cc1. The van der Waals surface area contributed by atoms with Crippen molar-refractivity contribution in [3.63, 3.8) is 0 Å². The van der Waals surface area contributed by atoms with Crippen molar-refractivity contribution in [3.05, 3.63) is 189 Å². The molecular weight excluding hydrogens is 881 g/mol. The maximum Gasteiger partial charge on any atom is 0.271 e. The van der Waals surface area contributed by atoms with E-state index < -0.39 is 106 Å². The Morgan fingerprint density at radius 3 is 1.41 bits per heavy atom. The average molecular weight is 917 g/mol. The van der Waals surface area contributed by atoms with Gasteiger partial charge in [-0.1, -0.05) is 0 Å². The van der Waals surface area contributed by atoms with Gasteiger partial charge in [0.1, 0.15) is 39.9 Å². The van der Waals surface area contributed by atoms with Gasteiger partial charge in [0.25, 0.3) is 11.8 Å². The molecule has 2 aromatic heterocycles. The van der Waals surface area contributed by atoms with Crippen molar-refractivity contribution in [1.82, 2.24) is 19.8 Å². The van der Waals surface area contributed by atoms with Crippen LogP contribution in [0.15, 0.2) is 107 Å². The lowest BCUT2D eigenvalue weighted by molar-refractivity contribution is 0.0815. The van der Waals surface area contributed by atoms with Crippen LogP contribution in [0.3, 0.4) is 0 Å². The molecule has 0 aliphatic heterocycles. The molecule has 2 amide bonds. The summed E-state index contributed by atoms with van der Waals surface area (Å²) in [6, 6.07) is 13.4. The first-order valence-corrected chi connectivity index (χ1v) is 21.1. The third kappa shape index (κ3) is 10.1. The van der Waals surface area contributed by atoms with E-state index in [0.29, 0.717) is 23.8 Å². The summed E-state index contributed by atoms with van der Waals surface area (Å²) in [7, 11) is -0.689. The third-order valence-corrected chi connectivity index (χ3v) is 13.2. The van der Waals surface area contributed by atoms with E-state index in [0.717, 1.165) is 48.7 Å². The Morgan fingerprint density at radius 2 is 0.968 bits per heavy atom. The number of halogens is 8. The lowest BCUT2D eigenvalue weighted by atomic mass is 10.00. The lowest BCUT2D eigenvalue weighted by Gasteiger charge is -2.22. The number of hydrogen-bond acceptors (Lipinski definition) is 7. The maximum absolute atomic E-state index is 14.7. The first-order valence-electron chi connectivity index (χ1n) is 18.4. The quantitative estimate of drug-likeness (QED) is 0.0767. The molecule has 0 N–H and O–H groups in total. The van der Waals surface area contributed by atoms with E-state index in [2.05, 4.69) is 9.97 Å². The van der Waals surface area contributed by atoms with E-state index in [1.165, 1.54) is 75.4 Å². The number of benzene rings is 4. The predicted molar refractivity (Wildman–Crippen MR) is 217 cm³/mol. The van der Waals surface area contributed by atoms with E-state index in [4.69, 9.17) is 0 Å². The smallest absolute Gasteiger partial charge is 0.271 e. The van der Waals surface area contributed by atoms with Crippen molar-refractivity contribution >= 4 is 32.5 Å². The second kappa shape index (κ2) is 19.4. The number of carbonyl (C=O) groups is 2. The van der Waals surface area contributed by atoms with Crippen LogP contribution < -0.4 is 0 Å². The van der Waals surface area contributed by atoms with Gasteiger partial charge in [0, 0.05) is 56.6 Å². The van der Waals surface area contributed by atoms with Crippen LogP contribution in [0, 0.1) is 60.4 Å². The highest BCUT2D eigenvalue weighted by atomic mass is 32.2. The van der Waals surface area contributed by atoms with Crippen LogP contribution in [0.4, 0.5) is 35.1 Å². The summed E-state index contributed by atoms with van der Waals surface area (Å²) >= 11 is 0. The average Bonchev–Trinajstić information content (AvgIpc) is 3.24. The first kappa shape index (κ1) is 47.7. The molecule has 6 rings (SSSR count). The van der Waals surface area contributed by atoms with Gasteiger partial charge in [0.2, 0.25) is 0 Å². The summed E-state index contributed by atoms with van der Waals surface area (Å²) in [5.74, 6) is -10.4. The Hall–Kier alpha value is -6.34. The standard InChI is InChI=1S/C22H18F4N2O3S.C22H18F4N2O2S/c1-12-10-18(22(29)28(2)3)27-11-15(12)21(19-16(24)8-9-17(25)20(19)26)32(30,31)14-6-4-13(23)5-7-14;1-12-10-18(22(29)28(2)3)27-11-15(12)21(19-16(24)8-9-17(25)20(19)26)31(30)14-6-4-13(23)5-7-14/h4-11,21H,1-3H3;4-11,21H,1-3H3. The first-order chi connectivity index (χ1) is 29.6. The predicted octanol–water partition coefficient (Wildman–Crippen LogP) is 8.76. The van der Waals surface area contributed by atoms with Gasteiger partial charge in [-0.3, -0.25) is 23.8 Å². The number of rotatable bonds is 10. The van der Waals surface area contributed by atoms with Crippen LogP contribution in [0.5, 0.6) is 0 Å². The molecule has 9 nitrogen and oxygen atoms in total. The highest BCUT2D eigenvalue weighted by Gasteiger charge is 2.38. The molecule has 0 fully saturated rings. The molecule has 0 saturated carbocycles. The van der Waals surface area contributed by atoms with E-state index in [-0.39, 0.29) is 33.0 Å². The number of nitrogens with zero attached hydrogens (tertiary/aromatic N) is 4. The van der Waals surface area contributed by atoms with Gasteiger partial charge in [-0.25, -0.2) is 43.5 Å². The van der Waals surface area contributed by atoms with Crippen LogP contribution in [-0.2, 0) is 20.6 Å². The minimum absolute atomic E-state index is 0.0191. The van der Waals surface area contributed by atoms with Crippen molar-refractivity contribution in [3.8, 4) is 0 Å². The number of carbonyl (C=O) groups excluding carboxylic acids is 2. The van der Waals surface area contributed by atoms with Crippen molar-refractivity contribution in [2.45, 2.75) is 34.1 Å². The molecule has 19 heteroatoms. The molecule has 4 aromatic carbocycles. The summed E-state index contributed by atoms with van der Waals surface area (Å²) in [4.78, 5) is 34.6. The lowest BCUT2D eigenvalue weighted by Crippen LogP contribution is -2.24. The molecule has 0 radical (unpaired) electrons. The second-order valence-electron chi connectivity index (χ2n) is 14.3. The zero-order valence-corrected chi connectivity index (χ0v) is 35.7. The van der Waals surface area contributed by atoms with Gasteiger partial charge in [-0.15, -0.1) is 0 Å². The van der Waals surface area contributed by atoms with Gasteiger partial charge < -0.3 is 9.80 Å². The molecular formula is C44H36F8N4O5S2. The number of aryl methyl sites for hydroxylation is 2. The third-order valence-electron chi connectivity index (χ3n) is 9.51. The number of aromatic nitrogens is 2. The van der Waals surface area contributed by atoms with Crippen LogP contribution >= 0.6 is 0 Å². The van der Waals surface area contributed by atoms with E-state index in [9.17, 15) is 57.3 Å². The number of pyridine rings is 2. The maximum atomic E-state index is 14.7. The fourth-order valence-electron chi connectivity index (χ4n) is 6.26. The highest BCUT2D eigenvalue weighted by Crippen LogP contribution is 2.40. The fourth-order valence-corrected chi connectivity index (χ4v) is 9.74. The molecule has 3 unspecified atom stereocenters. The topological polar surface area (TPSA) is 118 Å². The molecule has 0 aliphatic carbocycles. The Morgan fingerprint density at radius 1 is 0.571 bits per heavy atom. The monoisotopic (exact) mass is 916 g/mol. The molecule has 0 aliphatic rings. The highest BCUT2D eigenvalue weighted by molar-refractivity contribution is 7.92. The van der Waals surface area contributed by atoms with Gasteiger partial charge in [-0.05, 0) is 121 Å². The Balaban J connectivity index is 0.000000238. The Labute approximate surface area is 359 Å². The van der Waals surface area contributed by atoms with Crippen molar-refractivity contribution in [2.75, 3.05) is 28.2 Å². The molecule has 2 heterocycles. The van der Waals surface area contributed by atoms with Crippen molar-refractivity contribution in [1.29, 1.82) is 0 Å². The molecule has 0 bridgehead atoms. The van der Waals surface area contributed by atoms with Gasteiger partial charge >= 0.3 is 0 Å². The fraction of sp³-hybridized carbons (Fsp3) is 0.182. The van der Waals surface area contributed by atoms with E-state index in [1.807, 2.05) is 0 Å². The van der Waals surface area contributed by atoms with Gasteiger partial charge in [-0.2, -0.15) is 0 Å². The summed E-state index contributed by atoms with van der Waals surface area (Å²) in [5.41, 5.74) is -1.17. The minimum Gasteiger partial charge on any atom is -0.343 e. The van der Waals surface area contributed by atoms with Crippen LogP contribution in [0.25, 0.3) is 0 Å². The minimum atomic E-state index is -4.61. The Kier molecular flexibility index (Phi) is 14.7. The zero-order chi connectivity index (χ0) is 46.7. The zero-order valence-electron chi connectivity index (χ0n) is 34.1. The summed E-state index contributed by atoms with van der Waals surface area (Å²) in [6.07, 6.45) is 2.21. The number of amides is 2. The largest absolute Gasteiger partial charge is 0.343 e. The Bertz CT molecular complexity index is 2850. The molecule has 3 atom stereocenters. The molecule has 330 valence electrons. The molecule has 0 saturated heterocycles. The van der Waals surface area contributed by atoms with Crippen molar-refractivity contribution in [2.24, 2.45) is 0 Å². The summed E-state index contributed by atoms with van der Waals surface area (Å²) < 4.78 is 154. The normalized spacial score (nSPS) is 12.7. The van der Waals surface area contributed by atoms with Crippen molar-refractivity contribution < 1.29 is 57.3 Å². The van der Waals surface area contributed by atoms with Gasteiger partial charge in [0.05, 0.1) is 20.9 Å². The van der Waals surface area contributed by atoms with Crippen LogP contribution in [0.2, 0.25) is 0 Å². The summed E-state index contributed by atoms with van der Waals surface area (Å²) in [5, 5.41) is -3.53. The van der Waals surface area contributed by atoms with E-state index in [1.54, 1.807) is 6.92 Å². The van der Waals surface area contributed by atoms with Crippen LogP contribution in [-0.4, -0.2) is 72.4 Å². The molecule has 6 aromatic rings. The molecule has 63 heavy (non-hydrogen) atoms. The number of sulfone groups is 1. The second-order valence-corrected chi connectivity index (χ2v) is 17.8. The number of hydrogen-bond donors (Lipinski definition) is 0. The van der Waals surface area contributed by atoms with Crippen LogP contribution in [0.1, 0.15) is 64.9 Å². The molecule has 0 spiro atoms. The van der Waals surface area contributed by atoms with Gasteiger partial charge in [0.15, 0.2) is 33.1 Å². The summed E-state index contributed by atoms with van der Waals surface area (Å²) in [6.45, 7) is 3.00.